The number of fused-ring (bicyclic) bond motifs is 1. The van der Waals surface area contributed by atoms with E-state index in [9.17, 15) is 9.90 Å². The van der Waals surface area contributed by atoms with E-state index < -0.39 is 6.09 Å². The molecule has 0 spiro atoms. The number of carbonyl (C=O) groups is 1. The van der Waals surface area contributed by atoms with E-state index in [-0.39, 0.29) is 6.04 Å². The molecule has 2 unspecified atom stereocenters. The van der Waals surface area contributed by atoms with Crippen molar-refractivity contribution >= 4 is 22.6 Å². The normalized spacial score (nSPS) is 21.1. The van der Waals surface area contributed by atoms with Gasteiger partial charge in [-0.2, -0.15) is 0 Å². The Labute approximate surface area is 143 Å². The lowest BCUT2D eigenvalue weighted by molar-refractivity contribution is 0.0966. The first-order valence-electron chi connectivity index (χ1n) is 8.88. The van der Waals surface area contributed by atoms with Crippen LogP contribution in [0.2, 0.25) is 0 Å². The number of nitrogens with two attached hydrogens (primary N) is 1. The Bertz CT molecular complexity index is 729. The van der Waals surface area contributed by atoms with Crippen molar-refractivity contribution in [2.45, 2.75) is 51.0 Å². The Morgan fingerprint density at radius 3 is 2.71 bits per heavy atom. The van der Waals surface area contributed by atoms with Crippen molar-refractivity contribution in [2.75, 3.05) is 12.3 Å². The molecule has 1 aliphatic heterocycles. The first-order chi connectivity index (χ1) is 11.6. The predicted molar refractivity (Wildman–Crippen MR) is 98.4 cm³/mol. The summed E-state index contributed by atoms with van der Waals surface area (Å²) in [5, 5.41) is 11.8. The highest BCUT2D eigenvalue weighted by atomic mass is 16.4. The fourth-order valence-electron chi connectivity index (χ4n) is 4.00. The minimum absolute atomic E-state index is 0.123. The van der Waals surface area contributed by atoms with Gasteiger partial charge in [-0.05, 0) is 42.2 Å². The zero-order valence-corrected chi connectivity index (χ0v) is 14.2. The van der Waals surface area contributed by atoms with Crippen molar-refractivity contribution in [3.05, 3.63) is 42.0 Å². The highest BCUT2D eigenvalue weighted by molar-refractivity contribution is 5.95. The Kier molecular flexibility index (Phi) is 4.93. The van der Waals surface area contributed by atoms with Crippen molar-refractivity contribution in [2.24, 2.45) is 0 Å². The smallest absolute Gasteiger partial charge is 0.407 e. The molecule has 0 aliphatic carbocycles. The molecule has 0 saturated carbocycles. The van der Waals surface area contributed by atoms with E-state index >= 15 is 0 Å². The van der Waals surface area contributed by atoms with E-state index in [4.69, 9.17) is 5.73 Å². The van der Waals surface area contributed by atoms with Gasteiger partial charge in [0.2, 0.25) is 0 Å². The summed E-state index contributed by atoms with van der Waals surface area (Å²) in [6.07, 6.45) is 4.12. The Morgan fingerprint density at radius 1 is 1.25 bits per heavy atom. The van der Waals surface area contributed by atoms with Crippen LogP contribution >= 0.6 is 0 Å². The van der Waals surface area contributed by atoms with Crippen molar-refractivity contribution in [1.82, 2.24) is 4.90 Å². The standard InChI is InChI=1S/C20H26N2O2/c1-2-3-6-15-13-14(11-12-22(15)20(23)24)16-9-10-19(21)18-8-5-4-7-17(16)18/h4-5,7-10,14-15H,2-3,6,11-13,21H2,1H3,(H,23,24). The molecular formula is C20H26N2O2. The number of hydrogen-bond donors (Lipinski definition) is 2. The van der Waals surface area contributed by atoms with E-state index in [1.165, 1.54) is 10.9 Å². The third kappa shape index (κ3) is 3.18. The molecule has 1 fully saturated rings. The monoisotopic (exact) mass is 326 g/mol. The number of nitrogen functional groups attached to an aromatic ring is 1. The number of unbranched alkanes of at least 4 members (excludes halogenated alkanes) is 1. The van der Waals surface area contributed by atoms with Crippen LogP contribution in [0, 0.1) is 0 Å². The molecule has 0 aromatic heterocycles. The van der Waals surface area contributed by atoms with Gasteiger partial charge in [-0.3, -0.25) is 0 Å². The molecule has 4 heteroatoms. The summed E-state index contributed by atoms with van der Waals surface area (Å²) in [7, 11) is 0. The molecule has 1 heterocycles. The SMILES string of the molecule is CCCCC1CC(c2ccc(N)c3ccccc23)CCN1C(=O)O. The number of amides is 1. The van der Waals surface area contributed by atoms with Gasteiger partial charge in [-0.15, -0.1) is 0 Å². The van der Waals surface area contributed by atoms with E-state index in [0.717, 1.165) is 43.2 Å². The van der Waals surface area contributed by atoms with Crippen LogP contribution in [0.1, 0.15) is 50.5 Å². The van der Waals surface area contributed by atoms with Crippen LogP contribution in [0.3, 0.4) is 0 Å². The lowest BCUT2D eigenvalue weighted by Gasteiger charge is -2.38. The summed E-state index contributed by atoms with van der Waals surface area (Å²) < 4.78 is 0. The number of hydrogen-bond acceptors (Lipinski definition) is 2. The summed E-state index contributed by atoms with van der Waals surface area (Å²) in [4.78, 5) is 13.2. The highest BCUT2D eigenvalue weighted by Gasteiger charge is 2.32. The number of rotatable bonds is 4. The third-order valence-electron chi connectivity index (χ3n) is 5.28. The van der Waals surface area contributed by atoms with Gasteiger partial charge in [-0.25, -0.2) is 4.79 Å². The number of nitrogens with zero attached hydrogens (tertiary/aromatic N) is 1. The maximum absolute atomic E-state index is 11.5. The topological polar surface area (TPSA) is 66.6 Å². The minimum atomic E-state index is -0.781. The number of anilines is 1. The molecule has 3 N–H and O–H groups in total. The second-order valence-electron chi connectivity index (χ2n) is 6.78. The summed E-state index contributed by atoms with van der Waals surface area (Å²) >= 11 is 0. The van der Waals surface area contributed by atoms with Crippen LogP contribution in [0.5, 0.6) is 0 Å². The van der Waals surface area contributed by atoms with Gasteiger partial charge < -0.3 is 15.7 Å². The highest BCUT2D eigenvalue weighted by Crippen LogP contribution is 2.38. The lowest BCUT2D eigenvalue weighted by Crippen LogP contribution is -2.45. The Balaban J connectivity index is 1.90. The van der Waals surface area contributed by atoms with Crippen LogP contribution in [-0.2, 0) is 0 Å². The van der Waals surface area contributed by atoms with Crippen molar-refractivity contribution < 1.29 is 9.90 Å². The molecule has 1 saturated heterocycles. The van der Waals surface area contributed by atoms with E-state index in [1.807, 2.05) is 18.2 Å². The summed E-state index contributed by atoms with van der Waals surface area (Å²) in [6.45, 7) is 2.77. The molecule has 24 heavy (non-hydrogen) atoms. The number of likely N-dealkylation sites (tertiary alicyclic amines) is 1. The third-order valence-corrected chi connectivity index (χ3v) is 5.28. The molecule has 4 nitrogen and oxygen atoms in total. The molecule has 2 aromatic rings. The molecule has 0 radical (unpaired) electrons. The van der Waals surface area contributed by atoms with Crippen LogP contribution in [0.15, 0.2) is 36.4 Å². The number of benzene rings is 2. The predicted octanol–water partition coefficient (Wildman–Crippen LogP) is 4.84. The van der Waals surface area contributed by atoms with Crippen LogP contribution < -0.4 is 5.73 Å². The first-order valence-corrected chi connectivity index (χ1v) is 8.88. The fourth-order valence-corrected chi connectivity index (χ4v) is 4.00. The second kappa shape index (κ2) is 7.12. The summed E-state index contributed by atoms with van der Waals surface area (Å²) in [6, 6.07) is 12.5. The first kappa shape index (κ1) is 16.6. The van der Waals surface area contributed by atoms with Gasteiger partial charge in [-0.1, -0.05) is 50.1 Å². The fraction of sp³-hybridized carbons (Fsp3) is 0.450. The minimum Gasteiger partial charge on any atom is -0.465 e. The molecular weight excluding hydrogens is 300 g/mol. The molecule has 128 valence electrons. The Morgan fingerprint density at radius 2 is 2.00 bits per heavy atom. The van der Waals surface area contributed by atoms with Crippen molar-refractivity contribution in [1.29, 1.82) is 0 Å². The van der Waals surface area contributed by atoms with E-state index in [0.29, 0.717) is 12.5 Å². The largest absolute Gasteiger partial charge is 0.465 e. The molecule has 0 bridgehead atoms. The van der Waals surface area contributed by atoms with Gasteiger partial charge in [0, 0.05) is 23.7 Å². The molecule has 2 atom stereocenters. The maximum Gasteiger partial charge on any atom is 0.407 e. The Hall–Kier alpha value is -2.23. The van der Waals surface area contributed by atoms with Gasteiger partial charge in [0.05, 0.1) is 0 Å². The molecule has 1 amide bonds. The average Bonchev–Trinajstić information content (AvgIpc) is 2.60. The van der Waals surface area contributed by atoms with Gasteiger partial charge >= 0.3 is 6.09 Å². The lowest BCUT2D eigenvalue weighted by atomic mass is 9.81. The summed E-state index contributed by atoms with van der Waals surface area (Å²) in [5.41, 5.74) is 8.24. The zero-order chi connectivity index (χ0) is 17.1. The van der Waals surface area contributed by atoms with Gasteiger partial charge in [0.25, 0.3) is 0 Å². The van der Waals surface area contributed by atoms with Crippen molar-refractivity contribution in [3.8, 4) is 0 Å². The zero-order valence-electron chi connectivity index (χ0n) is 14.2. The second-order valence-corrected chi connectivity index (χ2v) is 6.78. The summed E-state index contributed by atoms with van der Waals surface area (Å²) in [5.74, 6) is 0.396. The van der Waals surface area contributed by atoms with Crippen LogP contribution in [0.4, 0.5) is 10.5 Å². The van der Waals surface area contributed by atoms with Crippen LogP contribution in [-0.4, -0.2) is 28.7 Å². The maximum atomic E-state index is 11.5. The molecule has 3 rings (SSSR count). The van der Waals surface area contributed by atoms with Crippen LogP contribution in [0.25, 0.3) is 10.8 Å². The van der Waals surface area contributed by atoms with Gasteiger partial charge in [0.1, 0.15) is 0 Å². The van der Waals surface area contributed by atoms with E-state index in [2.05, 4.69) is 25.1 Å². The molecule has 2 aromatic carbocycles. The average molecular weight is 326 g/mol. The number of piperidine rings is 1. The molecule has 1 aliphatic rings. The van der Waals surface area contributed by atoms with Crippen molar-refractivity contribution in [3.63, 3.8) is 0 Å². The quantitative estimate of drug-likeness (QED) is 0.790. The van der Waals surface area contributed by atoms with E-state index in [1.54, 1.807) is 4.90 Å². The number of carboxylic acid groups (broad SMARTS) is 1. The van der Waals surface area contributed by atoms with Gasteiger partial charge in [0.15, 0.2) is 0 Å².